The number of carbonyl (C=O) groups is 1. The number of aromatic amines is 1. The number of nitrogens with one attached hydrogen (secondary N) is 1. The van der Waals surface area contributed by atoms with Crippen molar-refractivity contribution >= 4 is 17.4 Å². The van der Waals surface area contributed by atoms with Crippen LogP contribution in [-0.4, -0.2) is 40.5 Å². The molecular formula is C27H35N5O4. The Balaban J connectivity index is 1.56. The number of likely N-dealkylation sites (N-methyl/N-ethyl adjacent to an activating group) is 1. The third-order valence-electron chi connectivity index (χ3n) is 6.50. The molecule has 1 aliphatic carbocycles. The van der Waals surface area contributed by atoms with Gasteiger partial charge in [0.15, 0.2) is 5.69 Å². The van der Waals surface area contributed by atoms with Crippen LogP contribution >= 0.6 is 0 Å². The van der Waals surface area contributed by atoms with Crippen molar-refractivity contribution in [2.24, 2.45) is 11.8 Å². The molecular weight excluding hydrogens is 458 g/mol. The highest BCUT2D eigenvalue weighted by molar-refractivity contribution is 5.96. The average Bonchev–Trinajstić information content (AvgIpc) is 3.36. The molecule has 0 saturated heterocycles. The Morgan fingerprint density at radius 1 is 1.19 bits per heavy atom. The molecule has 1 saturated carbocycles. The molecule has 9 nitrogen and oxygen atoms in total. The zero-order chi connectivity index (χ0) is 26.0. The first-order valence-electron chi connectivity index (χ1n) is 12.4. The fourth-order valence-electron chi connectivity index (χ4n) is 4.48. The Morgan fingerprint density at radius 3 is 2.53 bits per heavy atom. The van der Waals surface area contributed by atoms with Crippen LogP contribution < -0.4 is 21.9 Å². The summed E-state index contributed by atoms with van der Waals surface area (Å²) >= 11 is 0. The smallest absolute Gasteiger partial charge is 0.330 e. The summed E-state index contributed by atoms with van der Waals surface area (Å²) in [5.41, 5.74) is 5.94. The molecule has 3 aromatic rings. The van der Waals surface area contributed by atoms with E-state index in [0.717, 1.165) is 23.5 Å². The highest BCUT2D eigenvalue weighted by Gasteiger charge is 2.36. The standard InChI is InChI=1S/C27H35N5O4/c1-17(2)13-31(23(33)16-30(4)15-20-10-11-22(36-20)21-12-18(21)3)24-25(28)32(27(35)29-26(24)34)14-19-8-6-5-7-9-19/h5-11,17-18,21H,12-16,28H2,1-4H3,(H,29,34,35)/t18-,21+/m0/s1. The predicted octanol–water partition coefficient (Wildman–Crippen LogP) is 3.00. The Labute approximate surface area is 210 Å². The topological polar surface area (TPSA) is 118 Å². The summed E-state index contributed by atoms with van der Waals surface area (Å²) in [6.07, 6.45) is 1.15. The van der Waals surface area contributed by atoms with Crippen molar-refractivity contribution in [1.29, 1.82) is 0 Å². The van der Waals surface area contributed by atoms with E-state index in [1.165, 1.54) is 9.47 Å². The lowest BCUT2D eigenvalue weighted by atomic mass is 10.2. The Kier molecular flexibility index (Phi) is 7.49. The highest BCUT2D eigenvalue weighted by Crippen LogP contribution is 2.47. The van der Waals surface area contributed by atoms with Crippen molar-refractivity contribution in [3.63, 3.8) is 0 Å². The van der Waals surface area contributed by atoms with Gasteiger partial charge in [-0.2, -0.15) is 0 Å². The second-order valence-electron chi connectivity index (χ2n) is 10.3. The molecule has 9 heteroatoms. The number of nitrogen functional groups attached to an aromatic ring is 1. The van der Waals surface area contributed by atoms with Crippen LogP contribution in [0.5, 0.6) is 0 Å². The number of rotatable bonds is 10. The van der Waals surface area contributed by atoms with Crippen LogP contribution in [0.1, 0.15) is 50.2 Å². The summed E-state index contributed by atoms with van der Waals surface area (Å²) in [7, 11) is 1.83. The number of aromatic nitrogens is 2. The van der Waals surface area contributed by atoms with Crippen LogP contribution in [0.15, 0.2) is 56.5 Å². The molecule has 1 amide bonds. The maximum atomic E-state index is 13.5. The maximum Gasteiger partial charge on any atom is 0.330 e. The normalized spacial score (nSPS) is 17.1. The van der Waals surface area contributed by atoms with E-state index in [4.69, 9.17) is 10.2 Å². The largest absolute Gasteiger partial charge is 0.464 e. The van der Waals surface area contributed by atoms with Gasteiger partial charge in [-0.25, -0.2) is 4.79 Å². The molecule has 0 bridgehead atoms. The van der Waals surface area contributed by atoms with E-state index < -0.39 is 11.2 Å². The molecule has 1 aliphatic rings. The number of H-pyrrole nitrogens is 1. The Hall–Kier alpha value is -3.59. The molecule has 2 aromatic heterocycles. The van der Waals surface area contributed by atoms with Crippen LogP contribution in [0.2, 0.25) is 0 Å². The lowest BCUT2D eigenvalue weighted by molar-refractivity contribution is -0.119. The minimum atomic E-state index is -0.673. The minimum Gasteiger partial charge on any atom is -0.464 e. The van der Waals surface area contributed by atoms with E-state index >= 15 is 0 Å². The summed E-state index contributed by atoms with van der Waals surface area (Å²) < 4.78 is 7.28. The zero-order valence-corrected chi connectivity index (χ0v) is 21.4. The van der Waals surface area contributed by atoms with Gasteiger partial charge >= 0.3 is 5.69 Å². The van der Waals surface area contributed by atoms with E-state index in [9.17, 15) is 14.4 Å². The zero-order valence-electron chi connectivity index (χ0n) is 21.4. The van der Waals surface area contributed by atoms with E-state index in [2.05, 4.69) is 11.9 Å². The number of nitrogens with two attached hydrogens (primary N) is 1. The summed E-state index contributed by atoms with van der Waals surface area (Å²) in [5.74, 6) is 2.70. The van der Waals surface area contributed by atoms with Gasteiger partial charge in [0.05, 0.1) is 19.6 Å². The monoisotopic (exact) mass is 493 g/mol. The lowest BCUT2D eigenvalue weighted by Crippen LogP contribution is -2.46. The summed E-state index contributed by atoms with van der Waals surface area (Å²) in [4.78, 5) is 44.5. The minimum absolute atomic E-state index is 0.000590. The second kappa shape index (κ2) is 10.6. The van der Waals surface area contributed by atoms with Crippen LogP contribution in [-0.2, 0) is 17.9 Å². The fraction of sp³-hybridized carbons (Fsp3) is 0.444. The Bertz CT molecular complexity index is 1320. The van der Waals surface area contributed by atoms with Gasteiger partial charge in [0.2, 0.25) is 5.91 Å². The van der Waals surface area contributed by atoms with Gasteiger partial charge in [-0.15, -0.1) is 0 Å². The quantitative estimate of drug-likeness (QED) is 0.448. The molecule has 3 N–H and O–H groups in total. The number of carbonyl (C=O) groups excluding carboxylic acids is 1. The van der Waals surface area contributed by atoms with E-state index in [1.54, 1.807) is 0 Å². The number of nitrogens with zero attached hydrogens (tertiary/aromatic N) is 3. The van der Waals surface area contributed by atoms with Crippen molar-refractivity contribution in [3.05, 3.63) is 80.4 Å². The number of anilines is 2. The molecule has 0 radical (unpaired) electrons. The number of benzene rings is 1. The molecule has 1 aromatic carbocycles. The summed E-state index contributed by atoms with van der Waals surface area (Å²) in [5, 5.41) is 0. The molecule has 192 valence electrons. The van der Waals surface area contributed by atoms with Gasteiger partial charge < -0.3 is 15.1 Å². The van der Waals surface area contributed by atoms with Gasteiger partial charge in [-0.1, -0.05) is 51.1 Å². The van der Waals surface area contributed by atoms with Crippen LogP contribution in [0.3, 0.4) is 0 Å². The summed E-state index contributed by atoms with van der Waals surface area (Å²) in [6, 6.07) is 13.3. The van der Waals surface area contributed by atoms with Gasteiger partial charge in [-0.3, -0.25) is 24.0 Å². The average molecular weight is 494 g/mol. The molecule has 4 rings (SSSR count). The maximum absolute atomic E-state index is 13.5. The van der Waals surface area contributed by atoms with Gasteiger partial charge in [0.1, 0.15) is 17.3 Å². The van der Waals surface area contributed by atoms with Crippen LogP contribution in [0.4, 0.5) is 11.5 Å². The molecule has 36 heavy (non-hydrogen) atoms. The SMILES string of the molecule is CC(C)CN(C(=O)CN(C)Cc1ccc([C@@H]2C[C@@H]2C)o1)c1c(N)n(Cc2ccccc2)c(=O)[nH]c1=O. The Morgan fingerprint density at radius 2 is 1.89 bits per heavy atom. The number of hydrogen-bond donors (Lipinski definition) is 2. The molecule has 0 spiro atoms. The van der Waals surface area contributed by atoms with Crippen molar-refractivity contribution in [2.45, 2.75) is 46.2 Å². The third kappa shape index (κ3) is 5.79. The number of furan rings is 1. The third-order valence-corrected chi connectivity index (χ3v) is 6.50. The van der Waals surface area contributed by atoms with Gasteiger partial charge in [-0.05, 0) is 43.0 Å². The van der Waals surface area contributed by atoms with Gasteiger partial charge in [0, 0.05) is 12.5 Å². The molecule has 0 aliphatic heterocycles. The van der Waals surface area contributed by atoms with E-state index in [0.29, 0.717) is 18.4 Å². The predicted molar refractivity (Wildman–Crippen MR) is 140 cm³/mol. The van der Waals surface area contributed by atoms with Crippen molar-refractivity contribution < 1.29 is 9.21 Å². The second-order valence-corrected chi connectivity index (χ2v) is 10.3. The van der Waals surface area contributed by atoms with E-state index in [-0.39, 0.29) is 43.0 Å². The van der Waals surface area contributed by atoms with E-state index in [1.807, 2.05) is 68.3 Å². The molecule has 2 heterocycles. The highest BCUT2D eigenvalue weighted by atomic mass is 16.3. The van der Waals surface area contributed by atoms with Crippen molar-refractivity contribution in [2.75, 3.05) is 30.8 Å². The van der Waals surface area contributed by atoms with Crippen molar-refractivity contribution in [3.8, 4) is 0 Å². The van der Waals surface area contributed by atoms with Crippen LogP contribution in [0, 0.1) is 11.8 Å². The first kappa shape index (κ1) is 25.5. The lowest BCUT2D eigenvalue weighted by Gasteiger charge is -2.28. The molecule has 0 unspecified atom stereocenters. The number of amides is 1. The van der Waals surface area contributed by atoms with Crippen LogP contribution in [0.25, 0.3) is 0 Å². The molecule has 2 atom stereocenters. The van der Waals surface area contributed by atoms with Crippen molar-refractivity contribution in [1.82, 2.24) is 14.5 Å². The fourth-order valence-corrected chi connectivity index (χ4v) is 4.48. The summed E-state index contributed by atoms with van der Waals surface area (Å²) in [6.45, 7) is 7.10. The molecule has 1 fully saturated rings. The van der Waals surface area contributed by atoms with Gasteiger partial charge in [0.25, 0.3) is 5.56 Å². The first-order chi connectivity index (χ1) is 17.1. The first-order valence-corrected chi connectivity index (χ1v) is 12.4. The number of hydrogen-bond acceptors (Lipinski definition) is 6.